The summed E-state index contributed by atoms with van der Waals surface area (Å²) in [5.74, 6) is 0. The maximum Gasteiger partial charge on any atom is 0.240 e. The molecule has 1 atom stereocenters. The highest BCUT2D eigenvalue weighted by Crippen LogP contribution is 2.23. The Bertz CT molecular complexity index is 799. The number of rotatable bonds is 5. The molecule has 2 aromatic rings. The van der Waals surface area contributed by atoms with Gasteiger partial charge < -0.3 is 5.11 Å². The third-order valence-corrected chi connectivity index (χ3v) is 5.51. The minimum atomic E-state index is -3.68. The Balaban J connectivity index is 2.17. The van der Waals surface area contributed by atoms with Crippen molar-refractivity contribution in [2.24, 2.45) is 0 Å². The Morgan fingerprint density at radius 1 is 1.09 bits per heavy atom. The largest absolute Gasteiger partial charge is 0.384 e. The number of halogens is 1. The molecule has 4 nitrogen and oxygen atoms in total. The molecule has 0 spiro atoms. The second-order valence-electron chi connectivity index (χ2n) is 5.85. The van der Waals surface area contributed by atoms with Crippen LogP contribution in [0.5, 0.6) is 0 Å². The Labute approximate surface area is 142 Å². The molecule has 0 aliphatic carbocycles. The van der Waals surface area contributed by atoms with E-state index in [1.165, 1.54) is 0 Å². The van der Waals surface area contributed by atoms with Gasteiger partial charge in [0.1, 0.15) is 5.60 Å². The number of aryl methyl sites for hydroxylation is 2. The van der Waals surface area contributed by atoms with Crippen LogP contribution in [0.1, 0.15) is 23.6 Å². The van der Waals surface area contributed by atoms with Gasteiger partial charge in [0.05, 0.1) is 4.90 Å². The predicted octanol–water partition coefficient (Wildman–Crippen LogP) is 3.14. The highest BCUT2D eigenvalue weighted by Gasteiger charge is 2.26. The van der Waals surface area contributed by atoms with Gasteiger partial charge in [-0.1, -0.05) is 29.8 Å². The summed E-state index contributed by atoms with van der Waals surface area (Å²) >= 11 is 5.83. The van der Waals surface area contributed by atoms with E-state index in [4.69, 9.17) is 11.6 Å². The lowest BCUT2D eigenvalue weighted by molar-refractivity contribution is 0.0627. The summed E-state index contributed by atoms with van der Waals surface area (Å²) in [6, 6.07) is 11.6. The summed E-state index contributed by atoms with van der Waals surface area (Å²) in [4.78, 5) is 0.188. The van der Waals surface area contributed by atoms with Crippen LogP contribution in [-0.2, 0) is 15.6 Å². The molecular formula is C17H20ClNO3S. The minimum Gasteiger partial charge on any atom is -0.384 e. The first-order valence-electron chi connectivity index (χ1n) is 7.17. The third-order valence-electron chi connectivity index (χ3n) is 3.86. The van der Waals surface area contributed by atoms with Crippen molar-refractivity contribution in [2.75, 3.05) is 6.54 Å². The number of sulfonamides is 1. The number of hydrogen-bond acceptors (Lipinski definition) is 3. The van der Waals surface area contributed by atoms with Crippen LogP contribution in [0.3, 0.4) is 0 Å². The summed E-state index contributed by atoms with van der Waals surface area (Å²) in [6.07, 6.45) is 0. The fraction of sp³-hybridized carbons (Fsp3) is 0.294. The van der Waals surface area contributed by atoms with Gasteiger partial charge in [-0.15, -0.1) is 0 Å². The quantitative estimate of drug-likeness (QED) is 0.867. The maximum atomic E-state index is 12.4. The van der Waals surface area contributed by atoms with Crippen LogP contribution >= 0.6 is 11.6 Å². The molecule has 0 aliphatic rings. The monoisotopic (exact) mass is 353 g/mol. The van der Waals surface area contributed by atoms with Crippen LogP contribution in [0, 0.1) is 13.8 Å². The first kappa shape index (κ1) is 17.9. The molecule has 0 aliphatic heterocycles. The van der Waals surface area contributed by atoms with E-state index >= 15 is 0 Å². The molecule has 1 unspecified atom stereocenters. The average Bonchev–Trinajstić information content (AvgIpc) is 2.48. The third kappa shape index (κ3) is 4.32. The van der Waals surface area contributed by atoms with Crippen molar-refractivity contribution in [1.29, 1.82) is 0 Å². The van der Waals surface area contributed by atoms with Crippen molar-refractivity contribution in [3.8, 4) is 0 Å². The van der Waals surface area contributed by atoms with Crippen molar-refractivity contribution in [1.82, 2.24) is 4.72 Å². The van der Waals surface area contributed by atoms with Crippen molar-refractivity contribution >= 4 is 21.6 Å². The molecule has 6 heteroatoms. The van der Waals surface area contributed by atoms with E-state index in [1.54, 1.807) is 49.4 Å². The standard InChI is InChI=1S/C17H20ClNO3S/c1-12-4-9-16(10-13(12)2)23(21,22)19-11-17(3,20)14-5-7-15(18)8-6-14/h4-10,19-20H,11H2,1-3H3. The number of aliphatic hydroxyl groups is 1. The van der Waals surface area contributed by atoms with E-state index in [9.17, 15) is 13.5 Å². The predicted molar refractivity (Wildman–Crippen MR) is 92.1 cm³/mol. The summed E-state index contributed by atoms with van der Waals surface area (Å²) in [6.45, 7) is 5.20. The van der Waals surface area contributed by atoms with Gasteiger partial charge in [0, 0.05) is 11.6 Å². The average molecular weight is 354 g/mol. The van der Waals surface area contributed by atoms with E-state index in [1.807, 2.05) is 13.8 Å². The first-order chi connectivity index (χ1) is 10.6. The highest BCUT2D eigenvalue weighted by atomic mass is 35.5. The van der Waals surface area contributed by atoms with Crippen LogP contribution in [0.25, 0.3) is 0 Å². The van der Waals surface area contributed by atoms with E-state index in [-0.39, 0.29) is 11.4 Å². The number of benzene rings is 2. The lowest BCUT2D eigenvalue weighted by Gasteiger charge is -2.24. The van der Waals surface area contributed by atoms with E-state index in [0.29, 0.717) is 10.6 Å². The van der Waals surface area contributed by atoms with Gasteiger partial charge >= 0.3 is 0 Å². The van der Waals surface area contributed by atoms with Crippen LogP contribution in [0.4, 0.5) is 0 Å². The van der Waals surface area contributed by atoms with Crippen LogP contribution in [-0.4, -0.2) is 20.1 Å². The van der Waals surface area contributed by atoms with Gasteiger partial charge in [-0.25, -0.2) is 13.1 Å². The molecule has 0 aromatic heterocycles. The molecule has 0 saturated carbocycles. The zero-order valence-electron chi connectivity index (χ0n) is 13.3. The van der Waals surface area contributed by atoms with Crippen LogP contribution < -0.4 is 4.72 Å². The topological polar surface area (TPSA) is 66.4 Å². The lowest BCUT2D eigenvalue weighted by atomic mass is 9.97. The highest BCUT2D eigenvalue weighted by molar-refractivity contribution is 7.89. The molecule has 2 aromatic carbocycles. The Morgan fingerprint density at radius 2 is 1.70 bits per heavy atom. The normalized spacial score (nSPS) is 14.5. The lowest BCUT2D eigenvalue weighted by Crippen LogP contribution is -2.38. The van der Waals surface area contributed by atoms with E-state index in [2.05, 4.69) is 4.72 Å². The Hall–Kier alpha value is -1.40. The van der Waals surface area contributed by atoms with Crippen LogP contribution in [0.15, 0.2) is 47.4 Å². The zero-order chi connectivity index (χ0) is 17.3. The van der Waals surface area contributed by atoms with Gasteiger partial charge in [0.25, 0.3) is 0 Å². The van der Waals surface area contributed by atoms with Gasteiger partial charge in [-0.05, 0) is 61.7 Å². The van der Waals surface area contributed by atoms with Crippen LogP contribution in [0.2, 0.25) is 5.02 Å². The van der Waals surface area contributed by atoms with E-state index < -0.39 is 15.6 Å². The van der Waals surface area contributed by atoms with Crippen molar-refractivity contribution < 1.29 is 13.5 Å². The second kappa shape index (κ2) is 6.61. The van der Waals surface area contributed by atoms with Crippen molar-refractivity contribution in [3.63, 3.8) is 0 Å². The SMILES string of the molecule is Cc1ccc(S(=O)(=O)NCC(C)(O)c2ccc(Cl)cc2)cc1C. The number of hydrogen-bond donors (Lipinski definition) is 2. The van der Waals surface area contributed by atoms with Crippen molar-refractivity contribution in [2.45, 2.75) is 31.3 Å². The molecule has 0 amide bonds. The molecule has 0 fully saturated rings. The summed E-state index contributed by atoms with van der Waals surface area (Å²) in [5.41, 5.74) is 1.18. The fourth-order valence-electron chi connectivity index (χ4n) is 2.11. The maximum absolute atomic E-state index is 12.4. The minimum absolute atomic E-state index is 0.135. The van der Waals surface area contributed by atoms with E-state index in [0.717, 1.165) is 11.1 Å². The first-order valence-corrected chi connectivity index (χ1v) is 9.03. The fourth-order valence-corrected chi connectivity index (χ4v) is 3.45. The van der Waals surface area contributed by atoms with Gasteiger partial charge in [0.15, 0.2) is 0 Å². The summed E-state index contributed by atoms with van der Waals surface area (Å²) in [7, 11) is -3.68. The Kier molecular flexibility index (Phi) is 5.16. The second-order valence-corrected chi connectivity index (χ2v) is 8.05. The molecule has 0 saturated heterocycles. The Morgan fingerprint density at radius 3 is 2.26 bits per heavy atom. The zero-order valence-corrected chi connectivity index (χ0v) is 14.9. The molecule has 2 N–H and O–H groups in total. The summed E-state index contributed by atoms with van der Waals surface area (Å²) in [5, 5.41) is 11.1. The molecule has 0 heterocycles. The van der Waals surface area contributed by atoms with Gasteiger partial charge in [0.2, 0.25) is 10.0 Å². The molecule has 0 radical (unpaired) electrons. The number of nitrogens with one attached hydrogen (secondary N) is 1. The summed E-state index contributed by atoms with van der Waals surface area (Å²) < 4.78 is 27.2. The molecule has 0 bridgehead atoms. The van der Waals surface area contributed by atoms with Crippen molar-refractivity contribution in [3.05, 3.63) is 64.2 Å². The van der Waals surface area contributed by atoms with Gasteiger partial charge in [-0.3, -0.25) is 0 Å². The molecule has 23 heavy (non-hydrogen) atoms. The molecular weight excluding hydrogens is 334 g/mol. The molecule has 2 rings (SSSR count). The van der Waals surface area contributed by atoms with Gasteiger partial charge in [-0.2, -0.15) is 0 Å². The smallest absolute Gasteiger partial charge is 0.240 e. The molecule has 124 valence electrons.